The standard InChI is InChI=1S/C20H27N5O/c1-14-7-8-17(11-15(14)2)25-18(12-24-10-9-21-19(26)13-24)22-20(23-25)16-5-3-4-6-16/h7-8,11,16H,3-6,9-10,12-13H2,1-2H3,(H,21,26). The normalized spacial score (nSPS) is 19.1. The van der Waals surface area contributed by atoms with Crippen LogP contribution in [-0.2, 0) is 11.3 Å². The third-order valence-corrected chi connectivity index (χ3v) is 5.63. The molecule has 0 radical (unpaired) electrons. The van der Waals surface area contributed by atoms with Crippen LogP contribution >= 0.6 is 0 Å². The predicted molar refractivity (Wildman–Crippen MR) is 100 cm³/mol. The summed E-state index contributed by atoms with van der Waals surface area (Å²) < 4.78 is 1.99. The second-order valence-corrected chi connectivity index (χ2v) is 7.61. The van der Waals surface area contributed by atoms with Crippen molar-refractivity contribution in [3.8, 4) is 5.69 Å². The lowest BCUT2D eigenvalue weighted by Crippen LogP contribution is -2.47. The van der Waals surface area contributed by atoms with E-state index in [2.05, 4.69) is 42.3 Å². The first-order valence-electron chi connectivity index (χ1n) is 9.62. The molecular formula is C20H27N5O. The highest BCUT2D eigenvalue weighted by Gasteiger charge is 2.25. The largest absolute Gasteiger partial charge is 0.354 e. The summed E-state index contributed by atoms with van der Waals surface area (Å²) in [5.74, 6) is 2.47. The van der Waals surface area contributed by atoms with Crippen molar-refractivity contribution in [2.45, 2.75) is 52.0 Å². The van der Waals surface area contributed by atoms with Gasteiger partial charge in [-0.2, -0.15) is 5.10 Å². The molecule has 0 atom stereocenters. The van der Waals surface area contributed by atoms with E-state index in [1.54, 1.807) is 0 Å². The van der Waals surface area contributed by atoms with E-state index < -0.39 is 0 Å². The molecule has 26 heavy (non-hydrogen) atoms. The van der Waals surface area contributed by atoms with Gasteiger partial charge in [-0.1, -0.05) is 18.9 Å². The van der Waals surface area contributed by atoms with Gasteiger partial charge in [-0.3, -0.25) is 9.69 Å². The van der Waals surface area contributed by atoms with E-state index in [0.29, 0.717) is 25.6 Å². The molecule has 4 rings (SSSR count). The van der Waals surface area contributed by atoms with Crippen LogP contribution in [0, 0.1) is 13.8 Å². The molecule has 2 aliphatic rings. The second-order valence-electron chi connectivity index (χ2n) is 7.61. The summed E-state index contributed by atoms with van der Waals surface area (Å²) in [6, 6.07) is 6.43. The minimum Gasteiger partial charge on any atom is -0.354 e. The molecule has 1 saturated heterocycles. The van der Waals surface area contributed by atoms with Gasteiger partial charge >= 0.3 is 0 Å². The molecule has 138 valence electrons. The van der Waals surface area contributed by atoms with E-state index in [-0.39, 0.29) is 5.91 Å². The Balaban J connectivity index is 1.67. The lowest BCUT2D eigenvalue weighted by Gasteiger charge is -2.25. The number of nitrogens with zero attached hydrogens (tertiary/aromatic N) is 4. The van der Waals surface area contributed by atoms with Gasteiger partial charge < -0.3 is 5.32 Å². The van der Waals surface area contributed by atoms with Crippen LogP contribution in [0.1, 0.15) is 54.4 Å². The van der Waals surface area contributed by atoms with Gasteiger partial charge in [0.1, 0.15) is 5.82 Å². The number of carbonyl (C=O) groups excluding carboxylic acids is 1. The first-order chi connectivity index (χ1) is 12.6. The molecule has 0 unspecified atom stereocenters. The predicted octanol–water partition coefficient (Wildman–Crippen LogP) is 2.47. The fourth-order valence-electron chi connectivity index (χ4n) is 3.91. The van der Waals surface area contributed by atoms with Gasteiger partial charge in [-0.15, -0.1) is 0 Å². The van der Waals surface area contributed by atoms with E-state index in [9.17, 15) is 4.79 Å². The van der Waals surface area contributed by atoms with E-state index in [1.165, 1.54) is 36.8 Å². The fraction of sp³-hybridized carbons (Fsp3) is 0.550. The van der Waals surface area contributed by atoms with Crippen molar-refractivity contribution >= 4 is 5.91 Å². The summed E-state index contributed by atoms with van der Waals surface area (Å²) >= 11 is 0. The Morgan fingerprint density at radius 1 is 1.19 bits per heavy atom. The summed E-state index contributed by atoms with van der Waals surface area (Å²) in [5, 5.41) is 7.78. The third kappa shape index (κ3) is 3.51. The highest BCUT2D eigenvalue weighted by atomic mass is 16.2. The molecule has 6 heteroatoms. The molecular weight excluding hydrogens is 326 g/mol. The van der Waals surface area contributed by atoms with E-state index in [1.807, 2.05) is 4.68 Å². The highest BCUT2D eigenvalue weighted by Crippen LogP contribution is 2.32. The van der Waals surface area contributed by atoms with Gasteiger partial charge in [0.25, 0.3) is 0 Å². The van der Waals surface area contributed by atoms with Crippen molar-refractivity contribution in [1.29, 1.82) is 0 Å². The maximum absolute atomic E-state index is 11.7. The monoisotopic (exact) mass is 353 g/mol. The Morgan fingerprint density at radius 2 is 2.00 bits per heavy atom. The Hall–Kier alpha value is -2.21. The molecule has 6 nitrogen and oxygen atoms in total. The molecule has 2 fully saturated rings. The van der Waals surface area contributed by atoms with Crippen molar-refractivity contribution in [2.24, 2.45) is 0 Å². The zero-order valence-electron chi connectivity index (χ0n) is 15.7. The maximum Gasteiger partial charge on any atom is 0.234 e. The number of piperazine rings is 1. The number of carbonyl (C=O) groups is 1. The second kappa shape index (κ2) is 7.19. The Bertz CT molecular complexity index is 807. The minimum atomic E-state index is 0.0875. The van der Waals surface area contributed by atoms with Crippen molar-refractivity contribution in [3.05, 3.63) is 41.0 Å². The van der Waals surface area contributed by atoms with Gasteiger partial charge in [-0.05, 0) is 49.9 Å². The summed E-state index contributed by atoms with van der Waals surface area (Å²) in [4.78, 5) is 18.8. The molecule has 2 aromatic rings. The number of aromatic nitrogens is 3. The van der Waals surface area contributed by atoms with Crippen LogP contribution in [-0.4, -0.2) is 45.2 Å². The Morgan fingerprint density at radius 3 is 2.73 bits per heavy atom. The van der Waals surface area contributed by atoms with E-state index in [4.69, 9.17) is 10.1 Å². The third-order valence-electron chi connectivity index (χ3n) is 5.63. The molecule has 0 spiro atoms. The summed E-state index contributed by atoms with van der Waals surface area (Å²) in [6.07, 6.45) is 4.90. The van der Waals surface area contributed by atoms with Crippen LogP contribution in [0.25, 0.3) is 5.69 Å². The maximum atomic E-state index is 11.7. The quantitative estimate of drug-likeness (QED) is 0.917. The average molecular weight is 353 g/mol. The minimum absolute atomic E-state index is 0.0875. The van der Waals surface area contributed by atoms with Crippen molar-refractivity contribution in [3.63, 3.8) is 0 Å². The SMILES string of the molecule is Cc1ccc(-n2nc(C3CCCC3)nc2CN2CCNC(=O)C2)cc1C. The highest BCUT2D eigenvalue weighted by molar-refractivity contribution is 5.78. The molecule has 1 N–H and O–H groups in total. The molecule has 1 saturated carbocycles. The fourth-order valence-corrected chi connectivity index (χ4v) is 3.91. The van der Waals surface area contributed by atoms with Crippen LogP contribution in [0.2, 0.25) is 0 Å². The number of amides is 1. The molecule has 2 heterocycles. The first kappa shape index (κ1) is 17.2. The van der Waals surface area contributed by atoms with Crippen LogP contribution in [0.3, 0.4) is 0 Å². The van der Waals surface area contributed by atoms with E-state index in [0.717, 1.165) is 23.9 Å². The number of benzene rings is 1. The molecule has 1 aromatic heterocycles. The van der Waals surface area contributed by atoms with Gasteiger partial charge in [-0.25, -0.2) is 9.67 Å². The van der Waals surface area contributed by atoms with Gasteiger partial charge in [0, 0.05) is 19.0 Å². The summed E-state index contributed by atoms with van der Waals surface area (Å²) in [6.45, 7) is 6.88. The molecule has 1 amide bonds. The van der Waals surface area contributed by atoms with Crippen LogP contribution in [0.4, 0.5) is 0 Å². The molecule has 1 aliphatic carbocycles. The molecule has 0 bridgehead atoms. The Kier molecular flexibility index (Phi) is 4.76. The number of nitrogens with one attached hydrogen (secondary N) is 1. The molecule has 1 aromatic carbocycles. The summed E-state index contributed by atoms with van der Waals surface area (Å²) in [7, 11) is 0. The number of hydrogen-bond acceptors (Lipinski definition) is 4. The topological polar surface area (TPSA) is 63.1 Å². The number of hydrogen-bond donors (Lipinski definition) is 1. The van der Waals surface area contributed by atoms with Crippen molar-refractivity contribution in [1.82, 2.24) is 25.0 Å². The van der Waals surface area contributed by atoms with Gasteiger partial charge in [0.05, 0.1) is 18.8 Å². The van der Waals surface area contributed by atoms with Crippen molar-refractivity contribution in [2.75, 3.05) is 19.6 Å². The van der Waals surface area contributed by atoms with Crippen LogP contribution < -0.4 is 5.32 Å². The lowest BCUT2D eigenvalue weighted by molar-refractivity contribution is -0.124. The van der Waals surface area contributed by atoms with Gasteiger partial charge in [0.2, 0.25) is 5.91 Å². The van der Waals surface area contributed by atoms with Gasteiger partial charge in [0.15, 0.2) is 5.82 Å². The zero-order valence-corrected chi connectivity index (χ0v) is 15.7. The average Bonchev–Trinajstić information content (AvgIpc) is 3.27. The zero-order chi connectivity index (χ0) is 18.1. The summed E-state index contributed by atoms with van der Waals surface area (Å²) in [5.41, 5.74) is 3.59. The smallest absolute Gasteiger partial charge is 0.234 e. The number of rotatable bonds is 4. The van der Waals surface area contributed by atoms with Crippen molar-refractivity contribution < 1.29 is 4.79 Å². The van der Waals surface area contributed by atoms with Crippen LogP contribution in [0.5, 0.6) is 0 Å². The molecule has 1 aliphatic heterocycles. The Labute approximate surface area is 154 Å². The first-order valence-corrected chi connectivity index (χ1v) is 9.62. The van der Waals surface area contributed by atoms with E-state index >= 15 is 0 Å². The number of aryl methyl sites for hydroxylation is 2. The lowest BCUT2D eigenvalue weighted by atomic mass is 10.1. The van der Waals surface area contributed by atoms with Crippen LogP contribution in [0.15, 0.2) is 18.2 Å².